The first kappa shape index (κ1) is 14.0. The van der Waals surface area contributed by atoms with Gasteiger partial charge in [0.1, 0.15) is 12.3 Å². The lowest BCUT2D eigenvalue weighted by Gasteiger charge is -2.13. The monoisotopic (exact) mass is 267 g/mol. The Morgan fingerprint density at radius 3 is 2.59 bits per heavy atom. The molecule has 0 amide bonds. The second-order valence-corrected chi connectivity index (χ2v) is 3.63. The van der Waals surface area contributed by atoms with Gasteiger partial charge in [0.2, 0.25) is 0 Å². The van der Waals surface area contributed by atoms with Gasteiger partial charge in [0.15, 0.2) is 0 Å². The van der Waals surface area contributed by atoms with E-state index < -0.39 is 12.7 Å². The third-order valence-corrected chi connectivity index (χ3v) is 2.29. The second-order valence-electron chi connectivity index (χ2n) is 3.36. The molecule has 1 N–H and O–H groups in total. The van der Waals surface area contributed by atoms with Crippen molar-refractivity contribution in [3.8, 4) is 5.75 Å². The number of halogens is 4. The maximum atomic E-state index is 12.0. The van der Waals surface area contributed by atoms with Crippen LogP contribution in [0.4, 0.5) is 18.9 Å². The van der Waals surface area contributed by atoms with Gasteiger partial charge in [-0.05, 0) is 25.1 Å². The Morgan fingerprint density at radius 1 is 1.35 bits per heavy atom. The van der Waals surface area contributed by atoms with Gasteiger partial charge in [-0.15, -0.1) is 11.6 Å². The van der Waals surface area contributed by atoms with E-state index in [4.69, 9.17) is 16.3 Å². The fourth-order valence-corrected chi connectivity index (χ4v) is 1.50. The molecule has 1 aromatic rings. The van der Waals surface area contributed by atoms with E-state index in [1.807, 2.05) is 6.92 Å². The lowest BCUT2D eigenvalue weighted by molar-refractivity contribution is -0.115. The highest BCUT2D eigenvalue weighted by Gasteiger charge is 2.26. The van der Waals surface area contributed by atoms with E-state index in [9.17, 15) is 13.2 Å². The molecule has 0 aliphatic rings. The Bertz CT molecular complexity index is 368. The molecule has 0 bridgehead atoms. The van der Waals surface area contributed by atoms with E-state index in [1.54, 1.807) is 12.1 Å². The van der Waals surface area contributed by atoms with Crippen molar-refractivity contribution in [2.75, 3.05) is 18.5 Å². The van der Waals surface area contributed by atoms with Crippen molar-refractivity contribution in [2.45, 2.75) is 19.0 Å². The van der Waals surface area contributed by atoms with Gasteiger partial charge >= 0.3 is 6.18 Å². The first-order chi connectivity index (χ1) is 7.96. The van der Waals surface area contributed by atoms with E-state index >= 15 is 0 Å². The molecule has 0 aliphatic carbocycles. The van der Waals surface area contributed by atoms with Crippen molar-refractivity contribution in [3.05, 3.63) is 23.8 Å². The highest BCUT2D eigenvalue weighted by molar-refractivity contribution is 6.17. The van der Waals surface area contributed by atoms with Gasteiger partial charge in [0.25, 0.3) is 0 Å². The first-order valence-corrected chi connectivity index (χ1v) is 5.62. The molecule has 96 valence electrons. The van der Waals surface area contributed by atoms with E-state index in [2.05, 4.69) is 5.32 Å². The molecule has 0 heterocycles. The van der Waals surface area contributed by atoms with Crippen LogP contribution >= 0.6 is 11.6 Å². The summed E-state index contributed by atoms with van der Waals surface area (Å²) in [5.41, 5.74) is 1.04. The predicted octanol–water partition coefficient (Wildman–Crippen LogP) is 3.80. The number of rotatable bonds is 5. The molecule has 0 aliphatic heterocycles. The van der Waals surface area contributed by atoms with Gasteiger partial charge in [0.05, 0.1) is 12.5 Å². The lowest BCUT2D eigenvalue weighted by atomic mass is 10.2. The molecule has 17 heavy (non-hydrogen) atoms. The van der Waals surface area contributed by atoms with Gasteiger partial charge in [-0.3, -0.25) is 0 Å². The number of anilines is 1. The van der Waals surface area contributed by atoms with Gasteiger partial charge in [-0.2, -0.15) is 13.2 Å². The quantitative estimate of drug-likeness (QED) is 0.820. The van der Waals surface area contributed by atoms with Crippen LogP contribution in [0.5, 0.6) is 5.75 Å². The minimum absolute atomic E-state index is 0.191. The number of alkyl halides is 4. The van der Waals surface area contributed by atoms with Crippen molar-refractivity contribution in [1.82, 2.24) is 0 Å². The average Bonchev–Trinajstić information content (AvgIpc) is 2.27. The molecule has 0 aromatic heterocycles. The Hall–Kier alpha value is -1.10. The van der Waals surface area contributed by atoms with E-state index in [0.29, 0.717) is 23.6 Å². The van der Waals surface area contributed by atoms with Crippen LogP contribution in [0.1, 0.15) is 12.5 Å². The maximum absolute atomic E-state index is 12.0. The smallest absolute Gasteiger partial charge is 0.405 e. The molecule has 0 atom stereocenters. The minimum atomic E-state index is -4.24. The van der Waals surface area contributed by atoms with Crippen LogP contribution in [0.25, 0.3) is 0 Å². The zero-order chi connectivity index (χ0) is 12.9. The van der Waals surface area contributed by atoms with Crippen molar-refractivity contribution < 1.29 is 17.9 Å². The van der Waals surface area contributed by atoms with Gasteiger partial charge in [-0.25, -0.2) is 0 Å². The van der Waals surface area contributed by atoms with Crippen molar-refractivity contribution >= 4 is 17.3 Å². The van der Waals surface area contributed by atoms with Crippen molar-refractivity contribution in [3.63, 3.8) is 0 Å². The van der Waals surface area contributed by atoms with Crippen LogP contribution in [0.3, 0.4) is 0 Å². The third-order valence-electron chi connectivity index (χ3n) is 2.00. The molecular formula is C11H13ClF3NO. The number of hydrogen-bond donors (Lipinski definition) is 1. The third kappa shape index (κ3) is 4.73. The largest absolute Gasteiger partial charge is 0.494 e. The molecule has 1 rings (SSSR count). The van der Waals surface area contributed by atoms with E-state index in [0.717, 1.165) is 0 Å². The Morgan fingerprint density at radius 2 is 2.06 bits per heavy atom. The Kier molecular flexibility index (Phi) is 4.93. The summed E-state index contributed by atoms with van der Waals surface area (Å²) < 4.78 is 41.3. The van der Waals surface area contributed by atoms with Crippen LogP contribution in [-0.2, 0) is 5.88 Å². The molecule has 1 aromatic carbocycles. The highest BCUT2D eigenvalue weighted by Crippen LogP contribution is 2.25. The molecule has 0 saturated carbocycles. The SMILES string of the molecule is CCOc1ccc(NCC(F)(F)F)cc1CCl. The normalized spacial score (nSPS) is 11.4. The molecule has 6 heteroatoms. The van der Waals surface area contributed by atoms with Crippen molar-refractivity contribution in [1.29, 1.82) is 0 Å². The lowest BCUT2D eigenvalue weighted by Crippen LogP contribution is -2.21. The summed E-state index contributed by atoms with van der Waals surface area (Å²) >= 11 is 5.70. The fourth-order valence-electron chi connectivity index (χ4n) is 1.29. The molecule has 0 spiro atoms. The van der Waals surface area contributed by atoms with Crippen LogP contribution in [0, 0.1) is 0 Å². The van der Waals surface area contributed by atoms with Crippen molar-refractivity contribution in [2.24, 2.45) is 0 Å². The van der Waals surface area contributed by atoms with Gasteiger partial charge < -0.3 is 10.1 Å². The van der Waals surface area contributed by atoms with Crippen LogP contribution in [-0.4, -0.2) is 19.3 Å². The zero-order valence-corrected chi connectivity index (χ0v) is 10.0. The second kappa shape index (κ2) is 6.00. The molecule has 0 radical (unpaired) electrons. The maximum Gasteiger partial charge on any atom is 0.405 e. The number of nitrogens with one attached hydrogen (secondary N) is 1. The summed E-state index contributed by atoms with van der Waals surface area (Å²) in [7, 11) is 0. The van der Waals surface area contributed by atoms with Gasteiger partial charge in [0, 0.05) is 11.3 Å². The average molecular weight is 268 g/mol. The first-order valence-electron chi connectivity index (χ1n) is 5.08. The zero-order valence-electron chi connectivity index (χ0n) is 9.27. The van der Waals surface area contributed by atoms with E-state index in [-0.39, 0.29) is 5.88 Å². The summed E-state index contributed by atoms with van der Waals surface area (Å²) in [5, 5.41) is 2.29. The molecular weight excluding hydrogens is 255 g/mol. The Labute approximate surface area is 103 Å². The van der Waals surface area contributed by atoms with Crippen LogP contribution < -0.4 is 10.1 Å². The summed E-state index contributed by atoms with van der Waals surface area (Å²) in [6.45, 7) is 1.25. The summed E-state index contributed by atoms with van der Waals surface area (Å²) in [5.74, 6) is 0.789. The number of benzene rings is 1. The van der Waals surface area contributed by atoms with Crippen LogP contribution in [0.15, 0.2) is 18.2 Å². The Balaban J connectivity index is 2.75. The highest BCUT2D eigenvalue weighted by atomic mass is 35.5. The molecule has 0 unspecified atom stereocenters. The topological polar surface area (TPSA) is 21.3 Å². The van der Waals surface area contributed by atoms with E-state index in [1.165, 1.54) is 6.07 Å². The van der Waals surface area contributed by atoms with Crippen LogP contribution in [0.2, 0.25) is 0 Å². The summed E-state index contributed by atoms with van der Waals surface area (Å²) in [6.07, 6.45) is -4.24. The number of hydrogen-bond acceptors (Lipinski definition) is 2. The standard InChI is InChI=1S/C11H13ClF3NO/c1-2-17-10-4-3-9(5-8(10)6-12)16-7-11(13,14)15/h3-5,16H,2,6-7H2,1H3. The van der Waals surface area contributed by atoms with Gasteiger partial charge in [-0.1, -0.05) is 0 Å². The molecule has 0 saturated heterocycles. The molecule has 2 nitrogen and oxygen atoms in total. The fraction of sp³-hybridized carbons (Fsp3) is 0.455. The predicted molar refractivity (Wildman–Crippen MR) is 61.7 cm³/mol. The minimum Gasteiger partial charge on any atom is -0.494 e. The summed E-state index contributed by atoms with van der Waals surface area (Å²) in [6, 6.07) is 4.70. The molecule has 0 fully saturated rings. The summed E-state index contributed by atoms with van der Waals surface area (Å²) in [4.78, 5) is 0. The number of ether oxygens (including phenoxy) is 1.